The summed E-state index contributed by atoms with van der Waals surface area (Å²) >= 11 is 0. The minimum atomic E-state index is -1.82. The SMILES string of the molecule is C#CCNC(=O)C1(C)CCC2(C)CCC3(C)C4(C)CCC5C(C)(C)C(=O)C=CC5(C)C4=CC(=O)C3(O)C2C1C#N. The van der Waals surface area contributed by atoms with E-state index in [9.17, 15) is 24.8 Å². The van der Waals surface area contributed by atoms with Gasteiger partial charge >= 0.3 is 0 Å². The van der Waals surface area contributed by atoms with Gasteiger partial charge in [-0.05, 0) is 79.9 Å². The number of nitriles is 1. The van der Waals surface area contributed by atoms with Crippen molar-refractivity contribution in [3.05, 3.63) is 23.8 Å². The van der Waals surface area contributed by atoms with Gasteiger partial charge in [0, 0.05) is 22.2 Å². The fourth-order valence-corrected chi connectivity index (χ4v) is 10.4. The molecule has 6 heteroatoms. The number of rotatable bonds is 2. The van der Waals surface area contributed by atoms with Gasteiger partial charge in [0.05, 0.1) is 23.9 Å². The van der Waals surface area contributed by atoms with Gasteiger partial charge in [0.1, 0.15) is 5.60 Å². The average Bonchev–Trinajstić information content (AvgIpc) is 2.89. The molecule has 3 saturated carbocycles. The molecule has 1 amide bonds. The van der Waals surface area contributed by atoms with Crippen molar-refractivity contribution in [3.63, 3.8) is 0 Å². The van der Waals surface area contributed by atoms with Gasteiger partial charge in [-0.25, -0.2) is 0 Å². The Bertz CT molecular complexity index is 1350. The molecule has 0 spiro atoms. The zero-order valence-electron chi connectivity index (χ0n) is 25.1. The number of ketones is 2. The summed E-state index contributed by atoms with van der Waals surface area (Å²) in [6, 6.07) is 2.43. The maximum Gasteiger partial charge on any atom is 0.228 e. The summed E-state index contributed by atoms with van der Waals surface area (Å²) in [5.41, 5.74) is -4.85. The molecule has 6 nitrogen and oxygen atoms in total. The minimum Gasteiger partial charge on any atom is -0.381 e. The van der Waals surface area contributed by atoms with E-state index >= 15 is 0 Å². The molecule has 214 valence electrons. The Balaban J connectivity index is 1.70. The zero-order valence-corrected chi connectivity index (χ0v) is 25.1. The zero-order chi connectivity index (χ0) is 29.7. The lowest BCUT2D eigenvalue weighted by Gasteiger charge is -2.72. The number of carbonyl (C=O) groups is 3. The van der Waals surface area contributed by atoms with Crippen LogP contribution >= 0.6 is 0 Å². The van der Waals surface area contributed by atoms with E-state index in [1.54, 1.807) is 19.1 Å². The average molecular weight is 545 g/mol. The summed E-state index contributed by atoms with van der Waals surface area (Å²) in [4.78, 5) is 40.9. The molecule has 0 aliphatic heterocycles. The number of aliphatic hydroxyl groups is 1. The molecule has 5 aliphatic carbocycles. The minimum absolute atomic E-state index is 0.0398. The van der Waals surface area contributed by atoms with Gasteiger partial charge in [0.15, 0.2) is 11.6 Å². The molecular weight excluding hydrogens is 500 g/mol. The third-order valence-corrected chi connectivity index (χ3v) is 13.3. The van der Waals surface area contributed by atoms with Crippen LogP contribution in [0.3, 0.4) is 0 Å². The molecule has 5 aliphatic rings. The maximum atomic E-state index is 14.6. The number of hydrogen-bond acceptors (Lipinski definition) is 5. The molecule has 9 unspecified atom stereocenters. The Morgan fingerprint density at radius 2 is 1.70 bits per heavy atom. The first-order valence-electron chi connectivity index (χ1n) is 14.8. The monoisotopic (exact) mass is 544 g/mol. The molecule has 0 saturated heterocycles. The first-order chi connectivity index (χ1) is 18.4. The van der Waals surface area contributed by atoms with Gasteiger partial charge in [-0.2, -0.15) is 5.26 Å². The van der Waals surface area contributed by atoms with Crippen molar-refractivity contribution in [1.29, 1.82) is 5.26 Å². The maximum absolute atomic E-state index is 14.6. The highest BCUT2D eigenvalue weighted by atomic mass is 16.3. The summed E-state index contributed by atoms with van der Waals surface area (Å²) in [5.74, 6) is 0.341. The van der Waals surface area contributed by atoms with E-state index in [-0.39, 0.29) is 29.9 Å². The molecule has 0 bridgehead atoms. The van der Waals surface area contributed by atoms with Crippen LogP contribution in [-0.4, -0.2) is 34.7 Å². The number of hydrogen-bond donors (Lipinski definition) is 2. The van der Waals surface area contributed by atoms with E-state index in [4.69, 9.17) is 6.42 Å². The molecule has 5 rings (SSSR count). The molecule has 3 fully saturated rings. The van der Waals surface area contributed by atoms with E-state index < -0.39 is 49.9 Å². The number of nitrogens with one attached hydrogen (secondary N) is 1. The Hall–Kier alpha value is -2.70. The molecule has 40 heavy (non-hydrogen) atoms. The topological polar surface area (TPSA) is 107 Å². The highest BCUT2D eigenvalue weighted by Crippen LogP contribution is 2.76. The van der Waals surface area contributed by atoms with Gasteiger partial charge < -0.3 is 10.4 Å². The van der Waals surface area contributed by atoms with Crippen molar-refractivity contribution >= 4 is 17.5 Å². The second kappa shape index (κ2) is 8.42. The normalized spacial score (nSPS) is 48.8. The molecule has 2 N–H and O–H groups in total. The van der Waals surface area contributed by atoms with Crippen molar-refractivity contribution in [3.8, 4) is 18.4 Å². The molecule has 0 aromatic heterocycles. The number of nitrogens with zero attached hydrogens (tertiary/aromatic N) is 1. The van der Waals surface area contributed by atoms with Crippen molar-refractivity contribution in [2.24, 2.45) is 50.2 Å². The highest BCUT2D eigenvalue weighted by Gasteiger charge is 2.77. The second-order valence-electron chi connectivity index (χ2n) is 15.2. The smallest absolute Gasteiger partial charge is 0.228 e. The van der Waals surface area contributed by atoms with Crippen LogP contribution in [-0.2, 0) is 14.4 Å². The van der Waals surface area contributed by atoms with Crippen LogP contribution in [0.15, 0.2) is 23.8 Å². The number of terminal acetylenes is 1. The van der Waals surface area contributed by atoms with Crippen molar-refractivity contribution < 1.29 is 19.5 Å². The molecule has 0 aromatic rings. The summed E-state index contributed by atoms with van der Waals surface area (Å²) in [6.07, 6.45) is 14.8. The third kappa shape index (κ3) is 3.12. The quantitative estimate of drug-likeness (QED) is 0.480. The second-order valence-corrected chi connectivity index (χ2v) is 15.2. The standard InChI is InChI=1S/C34H44N2O4/c1-9-18-36-27(39)30(5)16-14-29(4)15-17-33(8)32(7)13-10-22-28(2,3)24(37)11-12-31(22,6)23(32)19-25(38)34(33,40)26(29)21(30)20-35/h1,11-12,19,21-22,26,40H,10,13-18H2,2-8H3,(H,36,39). The number of fused-ring (bicyclic) bond motifs is 7. The highest BCUT2D eigenvalue weighted by molar-refractivity contribution is 6.02. The van der Waals surface area contributed by atoms with E-state index in [0.29, 0.717) is 19.3 Å². The lowest BCUT2D eigenvalue weighted by Crippen LogP contribution is -2.75. The van der Waals surface area contributed by atoms with Gasteiger partial charge in [0.25, 0.3) is 0 Å². The van der Waals surface area contributed by atoms with Crippen LogP contribution < -0.4 is 5.32 Å². The van der Waals surface area contributed by atoms with E-state index in [1.807, 2.05) is 26.8 Å². The number of allylic oxidation sites excluding steroid dienone is 3. The molecule has 0 heterocycles. The summed E-state index contributed by atoms with van der Waals surface area (Å²) in [5, 5.41) is 26.5. The molecular formula is C34H44N2O4. The van der Waals surface area contributed by atoms with Gasteiger partial charge in [-0.1, -0.05) is 53.5 Å². The summed E-state index contributed by atoms with van der Waals surface area (Å²) in [7, 11) is 0. The van der Waals surface area contributed by atoms with E-state index in [1.165, 1.54) is 0 Å². The first-order valence-corrected chi connectivity index (χ1v) is 14.8. The molecule has 0 radical (unpaired) electrons. The van der Waals surface area contributed by atoms with Gasteiger partial charge in [-0.3, -0.25) is 14.4 Å². The molecule has 9 atom stereocenters. The van der Waals surface area contributed by atoms with Crippen molar-refractivity contribution in [2.75, 3.05) is 6.54 Å². The predicted octanol–water partition coefficient (Wildman–Crippen LogP) is 4.93. The first kappa shape index (κ1) is 28.8. The van der Waals surface area contributed by atoms with Crippen LogP contribution in [0.5, 0.6) is 0 Å². The lowest BCUT2D eigenvalue weighted by molar-refractivity contribution is -0.251. The summed E-state index contributed by atoms with van der Waals surface area (Å²) < 4.78 is 0. The lowest BCUT2D eigenvalue weighted by atomic mass is 9.32. The van der Waals surface area contributed by atoms with Crippen molar-refractivity contribution in [2.45, 2.75) is 92.6 Å². The van der Waals surface area contributed by atoms with Gasteiger partial charge in [-0.15, -0.1) is 6.42 Å². The van der Waals surface area contributed by atoms with Gasteiger partial charge in [0.2, 0.25) is 5.91 Å². The predicted molar refractivity (Wildman–Crippen MR) is 152 cm³/mol. The largest absolute Gasteiger partial charge is 0.381 e. The molecule has 0 aromatic carbocycles. The number of amides is 1. The van der Waals surface area contributed by atoms with Crippen LogP contribution in [0.1, 0.15) is 87.0 Å². The Morgan fingerprint density at radius 3 is 2.33 bits per heavy atom. The third-order valence-electron chi connectivity index (χ3n) is 13.3. The van der Waals surface area contributed by atoms with Crippen LogP contribution in [0.25, 0.3) is 0 Å². The van der Waals surface area contributed by atoms with Crippen molar-refractivity contribution in [1.82, 2.24) is 5.32 Å². The fourth-order valence-electron chi connectivity index (χ4n) is 10.4. The van der Waals surface area contributed by atoms with Crippen LogP contribution in [0.4, 0.5) is 0 Å². The van der Waals surface area contributed by atoms with E-state index in [2.05, 4.69) is 38.1 Å². The van der Waals surface area contributed by atoms with Crippen LogP contribution in [0, 0.1) is 73.9 Å². The van der Waals surface area contributed by atoms with E-state index in [0.717, 1.165) is 24.8 Å². The summed E-state index contributed by atoms with van der Waals surface area (Å²) in [6.45, 7) is 14.3. The Morgan fingerprint density at radius 1 is 1.05 bits per heavy atom. The Labute approximate surface area is 239 Å². The number of carbonyl (C=O) groups excluding carboxylic acids is 3. The fraction of sp³-hybridized carbons (Fsp3) is 0.706. The Kier molecular flexibility index (Phi) is 6.06. The van der Waals surface area contributed by atoms with Crippen LogP contribution in [0.2, 0.25) is 0 Å².